The molecule has 4 rings (SSSR count). The van der Waals surface area contributed by atoms with Gasteiger partial charge < -0.3 is 4.74 Å². The Balaban J connectivity index is 1.58. The summed E-state index contributed by atoms with van der Waals surface area (Å²) in [5.74, 6) is 3.27. The van der Waals surface area contributed by atoms with E-state index in [-0.39, 0.29) is 0 Å². The molecule has 0 aromatic carbocycles. The molecule has 3 heteroatoms. The first-order chi connectivity index (χ1) is 13.5. The molecule has 4 aliphatic rings. The smallest absolute Gasteiger partial charge is 0.188 e. The van der Waals surface area contributed by atoms with Crippen LogP contribution >= 0.6 is 11.8 Å². The summed E-state index contributed by atoms with van der Waals surface area (Å²) in [6.45, 7) is 11.7. The van der Waals surface area contributed by atoms with Gasteiger partial charge in [0.1, 0.15) is 6.10 Å². The predicted molar refractivity (Wildman–Crippen MR) is 122 cm³/mol. The van der Waals surface area contributed by atoms with Crippen LogP contribution in [0.4, 0.5) is 0 Å². The maximum absolute atomic E-state index is 6.81. The molecule has 154 valence electrons. The summed E-state index contributed by atoms with van der Waals surface area (Å²) < 4.78 is 6.81. The van der Waals surface area contributed by atoms with E-state index in [2.05, 4.69) is 70.7 Å². The van der Waals surface area contributed by atoms with E-state index in [0.717, 1.165) is 12.3 Å². The summed E-state index contributed by atoms with van der Waals surface area (Å²) in [6.07, 6.45) is 15.8. The maximum Gasteiger partial charge on any atom is 0.188 e. The maximum atomic E-state index is 6.81. The second kappa shape index (κ2) is 8.42. The van der Waals surface area contributed by atoms with Gasteiger partial charge in [0.05, 0.1) is 6.04 Å². The number of fused-ring (bicyclic) bond motifs is 1. The fraction of sp³-hybridized carbons (Fsp3) is 0.720. The summed E-state index contributed by atoms with van der Waals surface area (Å²) in [5.41, 5.74) is 3.02. The van der Waals surface area contributed by atoms with Gasteiger partial charge in [-0.2, -0.15) is 0 Å². The minimum atomic E-state index is 0.300. The number of thioether (sulfide) groups is 1. The van der Waals surface area contributed by atoms with Crippen molar-refractivity contribution < 1.29 is 4.74 Å². The standard InChI is InChI=1S/C25H37NOS/c1-6-22-20(14-23(28-22)19-10-8-7-9-11-19)25-26-18(5)17(4)24-16(3)12-15(2)13-21(24)27-25/h8,10-12,16-18,20-24H,6-7,9,13-14H2,1-5H3. The Morgan fingerprint density at radius 1 is 1.21 bits per heavy atom. The molecular formula is C25H37NOS. The van der Waals surface area contributed by atoms with Gasteiger partial charge in [0, 0.05) is 28.8 Å². The minimum absolute atomic E-state index is 0.300. The third-order valence-electron chi connectivity index (χ3n) is 7.45. The SMILES string of the molecule is CCC1SC(C2=CCCC=C2)CC1C1=NC(C)C(C)C2C(C)C=C(C)CC2O1. The molecule has 2 aliphatic heterocycles. The highest BCUT2D eigenvalue weighted by Crippen LogP contribution is 2.47. The van der Waals surface area contributed by atoms with Gasteiger partial charge in [-0.1, -0.05) is 50.6 Å². The average molecular weight is 400 g/mol. The molecule has 28 heavy (non-hydrogen) atoms. The summed E-state index contributed by atoms with van der Waals surface area (Å²) in [5, 5.41) is 1.23. The number of ether oxygens (including phenoxy) is 1. The highest BCUT2D eigenvalue weighted by molar-refractivity contribution is 8.01. The third kappa shape index (κ3) is 3.88. The summed E-state index contributed by atoms with van der Waals surface area (Å²) in [6, 6.07) is 0.342. The van der Waals surface area contributed by atoms with Crippen LogP contribution in [0.15, 0.2) is 40.4 Å². The molecule has 0 N–H and O–H groups in total. The van der Waals surface area contributed by atoms with Crippen LogP contribution in [-0.2, 0) is 4.74 Å². The second-order valence-electron chi connectivity index (χ2n) is 9.47. The van der Waals surface area contributed by atoms with Crippen LogP contribution in [-0.4, -0.2) is 28.5 Å². The van der Waals surface area contributed by atoms with Crippen LogP contribution < -0.4 is 0 Å². The van der Waals surface area contributed by atoms with Crippen molar-refractivity contribution in [2.45, 2.75) is 89.4 Å². The van der Waals surface area contributed by atoms with Gasteiger partial charge in [-0.05, 0) is 56.9 Å². The highest BCUT2D eigenvalue weighted by atomic mass is 32.2. The van der Waals surface area contributed by atoms with Gasteiger partial charge in [-0.15, -0.1) is 11.8 Å². The quantitative estimate of drug-likeness (QED) is 0.499. The summed E-state index contributed by atoms with van der Waals surface area (Å²) in [7, 11) is 0. The molecular weight excluding hydrogens is 362 g/mol. The molecule has 0 spiro atoms. The molecule has 1 saturated heterocycles. The van der Waals surface area contributed by atoms with E-state index in [1.807, 2.05) is 0 Å². The summed E-state index contributed by atoms with van der Waals surface area (Å²) in [4.78, 5) is 5.22. The van der Waals surface area contributed by atoms with Crippen molar-refractivity contribution in [1.29, 1.82) is 0 Å². The molecule has 0 aromatic rings. The lowest BCUT2D eigenvalue weighted by molar-refractivity contribution is 0.0589. The molecule has 0 aromatic heterocycles. The highest BCUT2D eigenvalue weighted by Gasteiger charge is 2.45. The number of nitrogens with zero attached hydrogens (tertiary/aromatic N) is 1. The van der Waals surface area contributed by atoms with Crippen molar-refractivity contribution in [2.24, 2.45) is 28.7 Å². The van der Waals surface area contributed by atoms with Gasteiger partial charge in [-0.25, -0.2) is 0 Å². The topological polar surface area (TPSA) is 21.6 Å². The van der Waals surface area contributed by atoms with E-state index in [0.29, 0.717) is 46.3 Å². The van der Waals surface area contributed by atoms with Crippen LogP contribution in [0, 0.1) is 23.7 Å². The van der Waals surface area contributed by atoms with Crippen molar-refractivity contribution in [3.8, 4) is 0 Å². The Bertz CT molecular complexity index is 705. The number of hydrogen-bond acceptors (Lipinski definition) is 3. The zero-order valence-electron chi connectivity index (χ0n) is 18.2. The Morgan fingerprint density at radius 3 is 2.75 bits per heavy atom. The number of allylic oxidation sites excluding steroid dienone is 4. The van der Waals surface area contributed by atoms with Crippen LogP contribution in [0.2, 0.25) is 0 Å². The van der Waals surface area contributed by atoms with Crippen LogP contribution in [0.25, 0.3) is 0 Å². The average Bonchev–Trinajstić information content (AvgIpc) is 3.06. The molecule has 1 fully saturated rings. The van der Waals surface area contributed by atoms with E-state index in [4.69, 9.17) is 9.73 Å². The summed E-state index contributed by atoms with van der Waals surface area (Å²) >= 11 is 2.17. The normalized spacial score (nSPS) is 43.4. The van der Waals surface area contributed by atoms with E-state index in [9.17, 15) is 0 Å². The Hall–Kier alpha value is -0.960. The van der Waals surface area contributed by atoms with E-state index < -0.39 is 0 Å². The first-order valence-corrected chi connectivity index (χ1v) is 12.4. The second-order valence-corrected chi connectivity index (χ2v) is 10.9. The van der Waals surface area contributed by atoms with Gasteiger partial charge >= 0.3 is 0 Å². The van der Waals surface area contributed by atoms with Gasteiger partial charge in [0.2, 0.25) is 0 Å². The Labute approximate surface area is 176 Å². The molecule has 0 radical (unpaired) electrons. The molecule has 0 saturated carbocycles. The van der Waals surface area contributed by atoms with Crippen molar-refractivity contribution in [1.82, 2.24) is 0 Å². The van der Waals surface area contributed by atoms with Crippen molar-refractivity contribution in [3.63, 3.8) is 0 Å². The van der Waals surface area contributed by atoms with E-state index in [1.54, 1.807) is 0 Å². The first-order valence-electron chi connectivity index (χ1n) is 11.4. The van der Waals surface area contributed by atoms with E-state index >= 15 is 0 Å². The molecule has 2 nitrogen and oxygen atoms in total. The number of hydrogen-bond donors (Lipinski definition) is 0. The number of aliphatic imine (C=N–C) groups is 1. The first kappa shape index (κ1) is 20.3. The predicted octanol–water partition coefficient (Wildman–Crippen LogP) is 6.59. The van der Waals surface area contributed by atoms with Crippen molar-refractivity contribution >= 4 is 17.7 Å². The van der Waals surface area contributed by atoms with Crippen molar-refractivity contribution in [3.05, 3.63) is 35.5 Å². The fourth-order valence-electron chi connectivity index (χ4n) is 5.84. The van der Waals surface area contributed by atoms with E-state index in [1.165, 1.54) is 36.8 Å². The van der Waals surface area contributed by atoms with Crippen LogP contribution in [0.1, 0.15) is 66.7 Å². The lowest BCUT2D eigenvalue weighted by Gasteiger charge is -2.38. The lowest BCUT2D eigenvalue weighted by Crippen LogP contribution is -2.39. The van der Waals surface area contributed by atoms with Crippen LogP contribution in [0.3, 0.4) is 0 Å². The van der Waals surface area contributed by atoms with Crippen molar-refractivity contribution in [2.75, 3.05) is 0 Å². The van der Waals surface area contributed by atoms with Gasteiger partial charge in [0.15, 0.2) is 5.90 Å². The molecule has 2 heterocycles. The minimum Gasteiger partial charge on any atom is -0.477 e. The largest absolute Gasteiger partial charge is 0.477 e. The third-order valence-corrected chi connectivity index (χ3v) is 9.25. The molecule has 0 bridgehead atoms. The molecule has 8 atom stereocenters. The zero-order chi connectivity index (χ0) is 19.8. The number of rotatable bonds is 3. The Morgan fingerprint density at radius 2 is 2.04 bits per heavy atom. The molecule has 2 aliphatic carbocycles. The van der Waals surface area contributed by atoms with Gasteiger partial charge in [-0.3, -0.25) is 4.99 Å². The van der Waals surface area contributed by atoms with Crippen LogP contribution in [0.5, 0.6) is 0 Å². The van der Waals surface area contributed by atoms with Gasteiger partial charge in [0.25, 0.3) is 0 Å². The molecule has 0 amide bonds. The fourth-order valence-corrected chi connectivity index (χ4v) is 7.52. The lowest BCUT2D eigenvalue weighted by atomic mass is 9.71. The zero-order valence-corrected chi connectivity index (χ0v) is 19.0. The Kier molecular flexibility index (Phi) is 6.11. The monoisotopic (exact) mass is 399 g/mol. The molecule has 8 unspecified atom stereocenters.